The smallest absolute Gasteiger partial charge is 0.195 e. The molecule has 7 atom stereocenters. The van der Waals surface area contributed by atoms with Crippen molar-refractivity contribution in [3.8, 4) is 0 Å². The highest BCUT2D eigenvalue weighted by Crippen LogP contribution is 2.63. The van der Waals surface area contributed by atoms with E-state index in [9.17, 15) is 19.4 Å². The molecule has 5 unspecified atom stereocenters. The first-order chi connectivity index (χ1) is 16.7. The van der Waals surface area contributed by atoms with Crippen molar-refractivity contribution in [2.24, 2.45) is 34.1 Å². The highest BCUT2D eigenvalue weighted by Gasteiger charge is 2.60. The normalized spacial score (nSPS) is 38.4. The fourth-order valence-corrected chi connectivity index (χ4v) is 7.03. The molecular weight excluding hydrogens is 467 g/mol. The number of rotatable bonds is 5. The van der Waals surface area contributed by atoms with E-state index in [0.717, 1.165) is 37.5 Å². The summed E-state index contributed by atoms with van der Waals surface area (Å²) in [6, 6.07) is 0. The van der Waals surface area contributed by atoms with Gasteiger partial charge in [-0.3, -0.25) is 4.79 Å². The number of ketones is 1. The number of aliphatic hydroxyl groups excluding tert-OH is 2. The fraction of sp³-hybridized carbons (Fsp3) is 0.571. The number of carbonyl (C=O) groups is 1. The van der Waals surface area contributed by atoms with Crippen molar-refractivity contribution in [3.05, 3.63) is 58.9 Å². The summed E-state index contributed by atoms with van der Waals surface area (Å²) in [6.07, 6.45) is 10.5. The Hall–Kier alpha value is -2.18. The number of amidine groups is 1. The van der Waals surface area contributed by atoms with Crippen LogP contribution in [0.4, 0.5) is 4.39 Å². The van der Waals surface area contributed by atoms with E-state index in [1.54, 1.807) is 12.2 Å². The second-order valence-electron chi connectivity index (χ2n) is 10.5. The number of halogens is 2. The van der Waals surface area contributed by atoms with Crippen LogP contribution in [0.3, 0.4) is 0 Å². The number of allylic oxidation sites excluding steroid dienone is 6. The van der Waals surface area contributed by atoms with Gasteiger partial charge in [0.1, 0.15) is 12.1 Å². The summed E-state index contributed by atoms with van der Waals surface area (Å²) >= 11 is 6.28. The molecule has 4 rings (SSSR count). The second-order valence-corrected chi connectivity index (χ2v) is 10.9. The molecule has 0 spiro atoms. The molecule has 0 bridgehead atoms. The van der Waals surface area contributed by atoms with Gasteiger partial charge in [0.05, 0.1) is 6.26 Å². The molecule has 0 saturated heterocycles. The number of hydrogen-bond donors (Lipinski definition) is 3. The molecule has 4 aliphatic rings. The van der Waals surface area contributed by atoms with Gasteiger partial charge in [-0.25, -0.2) is 9.38 Å². The predicted octanol–water partition coefficient (Wildman–Crippen LogP) is 6.04. The standard InChI is InChI=1S/C28H36ClFN2O3/c1-4-18(29)14-17-8-9-20-19(16(17)2)12-13-28(3)26(20)21(22(15-33)27(28)35)10-11-25(34)32-24-7-5-6-23(30)31-24/h4-5,7,14-15,19-21,23,25-26,33-34H,2,6,8-13H2,1,3H3,(H,31,32)/b17-14-,18-4+,22-15-/t19?,20?,21-,23?,25?,26?,28+/m1/s1. The van der Waals surface area contributed by atoms with E-state index in [1.807, 2.05) is 26.0 Å². The highest BCUT2D eigenvalue weighted by molar-refractivity contribution is 6.31. The number of fused-ring (bicyclic) bond motifs is 3. The third kappa shape index (κ3) is 4.92. The van der Waals surface area contributed by atoms with Crippen LogP contribution in [-0.2, 0) is 4.79 Å². The molecule has 3 aliphatic carbocycles. The van der Waals surface area contributed by atoms with Crippen LogP contribution in [0.15, 0.2) is 63.9 Å². The first kappa shape index (κ1) is 25.9. The summed E-state index contributed by atoms with van der Waals surface area (Å²) in [5.41, 5.74) is 2.23. The van der Waals surface area contributed by atoms with Crippen LogP contribution in [0.1, 0.15) is 58.8 Å². The van der Waals surface area contributed by atoms with Crippen molar-refractivity contribution in [2.75, 3.05) is 0 Å². The van der Waals surface area contributed by atoms with Gasteiger partial charge in [-0.15, -0.1) is 0 Å². The molecule has 0 aromatic heterocycles. The SMILES string of the molecule is C=C1/C(=C\C(Cl)=C/C)CCC2C1CC[C@]1(C)C(=O)/C(=C\O)[C@@H](CCC(O)NC3=NC(F)CC=C3)C21. The van der Waals surface area contributed by atoms with E-state index in [4.69, 9.17) is 11.6 Å². The Morgan fingerprint density at radius 3 is 2.91 bits per heavy atom. The van der Waals surface area contributed by atoms with Crippen LogP contribution < -0.4 is 5.32 Å². The Labute approximate surface area is 212 Å². The summed E-state index contributed by atoms with van der Waals surface area (Å²) in [5.74, 6) is 0.807. The zero-order valence-corrected chi connectivity index (χ0v) is 21.3. The Morgan fingerprint density at radius 1 is 1.46 bits per heavy atom. The number of Topliss-reactive ketones (excluding diaryl/α,β-unsaturated/α-hetero) is 1. The van der Waals surface area contributed by atoms with Crippen LogP contribution in [0.5, 0.6) is 0 Å². The minimum Gasteiger partial charge on any atom is -0.515 e. The number of carbonyl (C=O) groups excluding carboxylic acids is 1. The molecule has 35 heavy (non-hydrogen) atoms. The molecule has 1 aliphatic heterocycles. The second kappa shape index (κ2) is 10.4. The molecule has 3 fully saturated rings. The number of nitrogens with zero attached hydrogens (tertiary/aromatic N) is 1. The Kier molecular flexibility index (Phi) is 7.72. The van der Waals surface area contributed by atoms with E-state index in [1.165, 1.54) is 5.57 Å². The average Bonchev–Trinajstić information content (AvgIpc) is 3.05. The first-order valence-corrected chi connectivity index (χ1v) is 13.0. The summed E-state index contributed by atoms with van der Waals surface area (Å²) in [5, 5.41) is 24.2. The highest BCUT2D eigenvalue weighted by atomic mass is 35.5. The minimum atomic E-state index is -1.30. The third-order valence-electron chi connectivity index (χ3n) is 8.59. The minimum absolute atomic E-state index is 0.0275. The summed E-state index contributed by atoms with van der Waals surface area (Å²) in [6.45, 7) is 8.38. The molecule has 0 aromatic carbocycles. The van der Waals surface area contributed by atoms with Gasteiger partial charge >= 0.3 is 0 Å². The van der Waals surface area contributed by atoms with Crippen molar-refractivity contribution in [1.29, 1.82) is 0 Å². The molecule has 0 radical (unpaired) electrons. The lowest BCUT2D eigenvalue weighted by Gasteiger charge is -2.50. The van der Waals surface area contributed by atoms with E-state index >= 15 is 0 Å². The molecule has 0 amide bonds. The zero-order chi connectivity index (χ0) is 25.3. The topological polar surface area (TPSA) is 81.9 Å². The Morgan fingerprint density at radius 2 is 2.23 bits per heavy atom. The molecular formula is C28H36ClFN2O3. The van der Waals surface area contributed by atoms with Crippen LogP contribution >= 0.6 is 11.6 Å². The molecule has 1 heterocycles. The van der Waals surface area contributed by atoms with Gasteiger partial charge in [-0.05, 0) is 92.4 Å². The van der Waals surface area contributed by atoms with Crippen LogP contribution in [0, 0.1) is 29.1 Å². The van der Waals surface area contributed by atoms with Gasteiger partial charge in [-0.1, -0.05) is 37.3 Å². The van der Waals surface area contributed by atoms with Gasteiger partial charge in [0.2, 0.25) is 0 Å². The predicted molar refractivity (Wildman–Crippen MR) is 138 cm³/mol. The molecule has 3 N–H and O–H groups in total. The number of dihydropyridines is 1. The van der Waals surface area contributed by atoms with Crippen molar-refractivity contribution in [2.45, 2.75) is 71.3 Å². The third-order valence-corrected chi connectivity index (χ3v) is 8.91. The van der Waals surface area contributed by atoms with E-state index in [0.29, 0.717) is 29.3 Å². The van der Waals surface area contributed by atoms with Gasteiger partial charge in [-0.2, -0.15) is 0 Å². The van der Waals surface area contributed by atoms with Gasteiger partial charge < -0.3 is 15.5 Å². The molecule has 7 heteroatoms. The maximum absolute atomic E-state index is 13.5. The van der Waals surface area contributed by atoms with Gasteiger partial charge in [0.15, 0.2) is 12.1 Å². The lowest BCUT2D eigenvalue weighted by molar-refractivity contribution is -0.128. The van der Waals surface area contributed by atoms with Crippen molar-refractivity contribution >= 4 is 23.2 Å². The lowest BCUT2D eigenvalue weighted by Crippen LogP contribution is -2.45. The fourth-order valence-electron chi connectivity index (χ4n) is 6.90. The largest absolute Gasteiger partial charge is 0.515 e. The Bertz CT molecular complexity index is 1030. The van der Waals surface area contributed by atoms with E-state index in [-0.39, 0.29) is 35.9 Å². The first-order valence-electron chi connectivity index (χ1n) is 12.6. The summed E-state index contributed by atoms with van der Waals surface area (Å²) in [4.78, 5) is 17.3. The van der Waals surface area contributed by atoms with Crippen molar-refractivity contribution < 1.29 is 19.4 Å². The zero-order valence-electron chi connectivity index (χ0n) is 20.5. The number of nitrogens with one attached hydrogen (secondary N) is 1. The number of aliphatic hydroxyl groups is 2. The number of hydrogen-bond acceptors (Lipinski definition) is 5. The summed E-state index contributed by atoms with van der Waals surface area (Å²) in [7, 11) is 0. The number of aliphatic imine (C=N–C) groups is 1. The van der Waals surface area contributed by atoms with Crippen LogP contribution in [-0.4, -0.2) is 34.4 Å². The quantitative estimate of drug-likeness (QED) is 0.185. The molecule has 3 saturated carbocycles. The average molecular weight is 503 g/mol. The van der Waals surface area contributed by atoms with Crippen molar-refractivity contribution in [3.63, 3.8) is 0 Å². The van der Waals surface area contributed by atoms with Crippen molar-refractivity contribution in [1.82, 2.24) is 5.32 Å². The Balaban J connectivity index is 1.54. The van der Waals surface area contributed by atoms with Crippen LogP contribution in [0.25, 0.3) is 0 Å². The molecule has 5 nitrogen and oxygen atoms in total. The maximum Gasteiger partial charge on any atom is 0.195 e. The van der Waals surface area contributed by atoms with E-state index in [2.05, 4.69) is 16.9 Å². The monoisotopic (exact) mass is 502 g/mol. The van der Waals surface area contributed by atoms with E-state index < -0.39 is 17.9 Å². The van der Waals surface area contributed by atoms with Gasteiger partial charge in [0, 0.05) is 22.4 Å². The lowest BCUT2D eigenvalue weighted by atomic mass is 9.53. The maximum atomic E-state index is 13.5. The van der Waals surface area contributed by atoms with Crippen LogP contribution in [0.2, 0.25) is 0 Å². The molecule has 0 aromatic rings. The summed E-state index contributed by atoms with van der Waals surface area (Å²) < 4.78 is 13.5. The number of alkyl halides is 1. The van der Waals surface area contributed by atoms with Gasteiger partial charge in [0.25, 0.3) is 0 Å². The molecule has 190 valence electrons.